The van der Waals surface area contributed by atoms with E-state index >= 15 is 0 Å². The van der Waals surface area contributed by atoms with Crippen molar-refractivity contribution in [1.29, 1.82) is 0 Å². The van der Waals surface area contributed by atoms with Crippen LogP contribution < -0.4 is 0 Å². The quantitative estimate of drug-likeness (QED) is 0.384. The molecule has 28 heavy (non-hydrogen) atoms. The molecule has 0 heterocycles. The van der Waals surface area contributed by atoms with Crippen molar-refractivity contribution in [2.45, 2.75) is 38.5 Å². The molecule has 0 saturated carbocycles. The average molecular weight is 405 g/mol. The maximum absolute atomic E-state index is 6.67. The van der Waals surface area contributed by atoms with Gasteiger partial charge in [0, 0.05) is 20.8 Å². The zero-order valence-corrected chi connectivity index (χ0v) is 17.7. The summed E-state index contributed by atoms with van der Waals surface area (Å²) in [5.74, 6) is 0. The molecule has 5 rings (SSSR count). The van der Waals surface area contributed by atoms with Crippen LogP contribution in [-0.2, 0) is 11.8 Å². The van der Waals surface area contributed by atoms with Crippen LogP contribution in [0.4, 0.5) is 0 Å². The van der Waals surface area contributed by atoms with Crippen LogP contribution in [0.3, 0.4) is 0 Å². The molecule has 2 aliphatic carbocycles. The van der Waals surface area contributed by atoms with E-state index in [1.165, 1.54) is 38.6 Å². The molecular weight excluding hydrogens is 383 g/mol. The molecule has 1 atom stereocenters. The molecule has 140 valence electrons. The van der Waals surface area contributed by atoms with Crippen molar-refractivity contribution in [3.63, 3.8) is 0 Å². The molecule has 0 bridgehead atoms. The van der Waals surface area contributed by atoms with Crippen molar-refractivity contribution >= 4 is 39.5 Å². The Morgan fingerprint density at radius 2 is 1.71 bits per heavy atom. The van der Waals surface area contributed by atoms with Gasteiger partial charge < -0.3 is 0 Å². The third-order valence-corrected chi connectivity index (χ3v) is 6.92. The van der Waals surface area contributed by atoms with Gasteiger partial charge in [-0.25, -0.2) is 0 Å². The van der Waals surface area contributed by atoms with Crippen molar-refractivity contribution in [2.24, 2.45) is 0 Å². The first kappa shape index (κ1) is 18.0. The molecule has 0 aromatic heterocycles. The number of rotatable bonds is 1. The summed E-state index contributed by atoms with van der Waals surface area (Å²) < 4.78 is 0. The Labute approximate surface area is 176 Å². The monoisotopic (exact) mass is 404 g/mol. The second-order valence-corrected chi connectivity index (χ2v) is 9.23. The van der Waals surface area contributed by atoms with E-state index in [2.05, 4.69) is 62.4 Å². The topological polar surface area (TPSA) is 0 Å². The lowest BCUT2D eigenvalue weighted by atomic mass is 9.69. The van der Waals surface area contributed by atoms with Crippen LogP contribution in [0.2, 0.25) is 10.0 Å². The predicted octanol–water partition coefficient (Wildman–Crippen LogP) is 8.07. The van der Waals surface area contributed by atoms with Crippen molar-refractivity contribution < 1.29 is 0 Å². The maximum atomic E-state index is 6.67. The number of fused-ring (bicyclic) bond motifs is 4. The zero-order chi connectivity index (χ0) is 19.5. The van der Waals surface area contributed by atoms with Gasteiger partial charge in [0.15, 0.2) is 0 Å². The Balaban J connectivity index is 1.60. The van der Waals surface area contributed by atoms with Gasteiger partial charge in [-0.1, -0.05) is 78.2 Å². The van der Waals surface area contributed by atoms with Gasteiger partial charge in [0.1, 0.15) is 0 Å². The first-order valence-electron chi connectivity index (χ1n) is 9.84. The summed E-state index contributed by atoms with van der Waals surface area (Å²) in [6, 6.07) is 17.1. The highest BCUT2D eigenvalue weighted by atomic mass is 35.5. The molecule has 0 N–H and O–H groups in total. The molecule has 3 aromatic rings. The molecule has 0 spiro atoms. The van der Waals surface area contributed by atoms with E-state index in [0.29, 0.717) is 0 Å². The summed E-state index contributed by atoms with van der Waals surface area (Å²) in [7, 11) is 0. The standard InChI is InChI=1S/C26H22Cl2/c1-16-13-17-3-9-22-21-11-12-26(2,19-5-7-20(27)8-6-19)15-18(21)4-10-23(22)25(17)24(28)14-16/h3,5-9,11-14H,4,10,15H2,1-2H3. The number of allylic oxidation sites excluding steroid dienone is 4. The summed E-state index contributed by atoms with van der Waals surface area (Å²) in [4.78, 5) is 0. The summed E-state index contributed by atoms with van der Waals surface area (Å²) in [6.07, 6.45) is 7.90. The van der Waals surface area contributed by atoms with Crippen LogP contribution in [0.25, 0.3) is 16.3 Å². The Morgan fingerprint density at radius 1 is 0.929 bits per heavy atom. The van der Waals surface area contributed by atoms with Gasteiger partial charge in [-0.2, -0.15) is 0 Å². The Bertz CT molecular complexity index is 1170. The molecule has 0 aliphatic heterocycles. The number of hydrogen-bond acceptors (Lipinski definition) is 0. The number of aryl methyl sites for hydroxylation is 2. The minimum Gasteiger partial charge on any atom is -0.0843 e. The third kappa shape index (κ3) is 2.82. The smallest absolute Gasteiger partial charge is 0.0490 e. The average Bonchev–Trinajstić information content (AvgIpc) is 2.67. The van der Waals surface area contributed by atoms with Crippen molar-refractivity contribution in [2.75, 3.05) is 0 Å². The zero-order valence-electron chi connectivity index (χ0n) is 16.2. The second kappa shape index (κ2) is 6.51. The van der Waals surface area contributed by atoms with E-state index in [1.54, 1.807) is 5.57 Å². The van der Waals surface area contributed by atoms with E-state index in [9.17, 15) is 0 Å². The molecule has 0 radical (unpaired) electrons. The van der Waals surface area contributed by atoms with E-state index < -0.39 is 0 Å². The SMILES string of the molecule is Cc1cc(Cl)c2c3c(ccc2c1)C1=C(CC3)CC(C)(c2ccc(Cl)cc2)C=C1. The summed E-state index contributed by atoms with van der Waals surface area (Å²) in [6.45, 7) is 4.43. The van der Waals surface area contributed by atoms with Gasteiger partial charge in [0.2, 0.25) is 0 Å². The molecule has 0 saturated heterocycles. The maximum Gasteiger partial charge on any atom is 0.0490 e. The molecular formula is C26H22Cl2. The van der Waals surface area contributed by atoms with Crippen molar-refractivity contribution in [3.05, 3.63) is 98.6 Å². The van der Waals surface area contributed by atoms with Gasteiger partial charge in [0.25, 0.3) is 0 Å². The highest BCUT2D eigenvalue weighted by molar-refractivity contribution is 6.36. The van der Waals surface area contributed by atoms with Gasteiger partial charge in [-0.05, 0) is 77.6 Å². The van der Waals surface area contributed by atoms with E-state index in [4.69, 9.17) is 23.2 Å². The van der Waals surface area contributed by atoms with Crippen LogP contribution in [0.1, 0.15) is 42.0 Å². The normalized spacial score (nSPS) is 21.0. The molecule has 2 heteroatoms. The molecule has 2 aliphatic rings. The summed E-state index contributed by atoms with van der Waals surface area (Å²) in [5, 5.41) is 4.15. The summed E-state index contributed by atoms with van der Waals surface area (Å²) >= 11 is 12.8. The fourth-order valence-electron chi connectivity index (χ4n) is 4.93. The van der Waals surface area contributed by atoms with Gasteiger partial charge >= 0.3 is 0 Å². The Hall–Kier alpha value is -2.02. The predicted molar refractivity (Wildman–Crippen MR) is 121 cm³/mol. The van der Waals surface area contributed by atoms with Gasteiger partial charge in [-0.3, -0.25) is 0 Å². The molecule has 3 aromatic carbocycles. The van der Waals surface area contributed by atoms with Gasteiger partial charge in [0.05, 0.1) is 0 Å². The van der Waals surface area contributed by atoms with Crippen LogP contribution >= 0.6 is 23.2 Å². The van der Waals surface area contributed by atoms with Crippen LogP contribution in [0.15, 0.2) is 66.3 Å². The highest BCUT2D eigenvalue weighted by Gasteiger charge is 2.32. The lowest BCUT2D eigenvalue weighted by molar-refractivity contribution is 0.567. The van der Waals surface area contributed by atoms with E-state index in [-0.39, 0.29) is 5.41 Å². The fourth-order valence-corrected chi connectivity index (χ4v) is 5.45. The first-order chi connectivity index (χ1) is 13.4. The van der Waals surface area contributed by atoms with Crippen molar-refractivity contribution in [3.8, 4) is 0 Å². The fraction of sp³-hybridized carbons (Fsp3) is 0.231. The molecule has 1 unspecified atom stereocenters. The lowest BCUT2D eigenvalue weighted by Gasteiger charge is -2.35. The van der Waals surface area contributed by atoms with E-state index in [0.717, 1.165) is 29.3 Å². The van der Waals surface area contributed by atoms with Crippen LogP contribution in [0.5, 0.6) is 0 Å². The van der Waals surface area contributed by atoms with Gasteiger partial charge in [-0.15, -0.1) is 0 Å². The third-order valence-electron chi connectivity index (χ3n) is 6.37. The second-order valence-electron chi connectivity index (χ2n) is 8.39. The highest BCUT2D eigenvalue weighted by Crippen LogP contribution is 2.46. The minimum atomic E-state index is 0.0204. The Kier molecular flexibility index (Phi) is 4.19. The molecule has 0 nitrogen and oxygen atoms in total. The number of hydrogen-bond donors (Lipinski definition) is 0. The lowest BCUT2D eigenvalue weighted by Crippen LogP contribution is -2.24. The number of benzene rings is 3. The minimum absolute atomic E-state index is 0.0204. The Morgan fingerprint density at radius 3 is 2.50 bits per heavy atom. The van der Waals surface area contributed by atoms with Crippen LogP contribution in [-0.4, -0.2) is 0 Å². The largest absolute Gasteiger partial charge is 0.0843 e. The van der Waals surface area contributed by atoms with Crippen molar-refractivity contribution in [1.82, 2.24) is 0 Å². The van der Waals surface area contributed by atoms with E-state index in [1.807, 2.05) is 12.1 Å². The number of halogens is 2. The first-order valence-corrected chi connectivity index (χ1v) is 10.6. The van der Waals surface area contributed by atoms with Crippen LogP contribution in [0, 0.1) is 6.92 Å². The molecule has 0 amide bonds. The molecule has 0 fully saturated rings. The summed E-state index contributed by atoms with van der Waals surface area (Å²) in [5.41, 5.74) is 8.26.